The molecule has 7 heteroatoms. The molecule has 0 fully saturated rings. The Balaban J connectivity index is 2.27. The second-order valence-electron chi connectivity index (χ2n) is 6.80. The Morgan fingerprint density at radius 3 is 2.69 bits per heavy atom. The highest BCUT2D eigenvalue weighted by molar-refractivity contribution is 5.87. The first-order valence-corrected chi connectivity index (χ1v) is 10.1. The summed E-state index contributed by atoms with van der Waals surface area (Å²) < 4.78 is 18.8. The van der Waals surface area contributed by atoms with Crippen LogP contribution in [0.4, 0.5) is 4.39 Å². The van der Waals surface area contributed by atoms with Gasteiger partial charge in [-0.1, -0.05) is 6.92 Å². The van der Waals surface area contributed by atoms with E-state index in [4.69, 9.17) is 11.2 Å². The van der Waals surface area contributed by atoms with Gasteiger partial charge in [-0.15, -0.1) is 12.3 Å². The van der Waals surface area contributed by atoms with Crippen LogP contribution in [0.5, 0.6) is 5.75 Å². The van der Waals surface area contributed by atoms with E-state index in [2.05, 4.69) is 21.9 Å². The van der Waals surface area contributed by atoms with Gasteiger partial charge in [0.2, 0.25) is 11.8 Å². The zero-order valence-corrected chi connectivity index (χ0v) is 17.4. The molecule has 6 nitrogen and oxygen atoms in total. The third kappa shape index (κ3) is 11.1. The molecule has 1 rings (SSSR count). The van der Waals surface area contributed by atoms with Crippen molar-refractivity contribution < 1.29 is 18.7 Å². The zero-order chi connectivity index (χ0) is 21.5. The van der Waals surface area contributed by atoms with Crippen LogP contribution in [0, 0.1) is 25.1 Å². The summed E-state index contributed by atoms with van der Waals surface area (Å²) in [6.45, 7) is 6.43. The lowest BCUT2D eigenvalue weighted by molar-refractivity contribution is -0.128. The van der Waals surface area contributed by atoms with Crippen molar-refractivity contribution in [3.05, 3.63) is 29.6 Å². The number of ether oxygens (including phenoxy) is 1. The van der Waals surface area contributed by atoms with E-state index in [1.165, 1.54) is 12.1 Å². The van der Waals surface area contributed by atoms with Crippen molar-refractivity contribution in [2.24, 2.45) is 0 Å². The minimum absolute atomic E-state index is 0.146. The van der Waals surface area contributed by atoms with Crippen molar-refractivity contribution in [1.29, 1.82) is 0 Å². The quantitative estimate of drug-likeness (QED) is 0.328. The fraction of sp³-hybridized carbons (Fsp3) is 0.545. The molecule has 0 bridgehead atoms. The molecular formula is C22H32FN3O3. The lowest BCUT2D eigenvalue weighted by Gasteiger charge is -2.16. The van der Waals surface area contributed by atoms with Gasteiger partial charge in [0, 0.05) is 25.5 Å². The second kappa shape index (κ2) is 14.4. The van der Waals surface area contributed by atoms with Gasteiger partial charge >= 0.3 is 0 Å². The molecule has 1 atom stereocenters. The summed E-state index contributed by atoms with van der Waals surface area (Å²) in [6.07, 6.45) is 7.76. The van der Waals surface area contributed by atoms with Gasteiger partial charge in [0.15, 0.2) is 0 Å². The number of unbranched alkanes of at least 4 members (excludes halogenated alkanes) is 1. The lowest BCUT2D eigenvalue weighted by Crippen LogP contribution is -2.47. The monoisotopic (exact) mass is 405 g/mol. The summed E-state index contributed by atoms with van der Waals surface area (Å²) in [5.74, 6) is 2.08. The summed E-state index contributed by atoms with van der Waals surface area (Å²) in [6, 6.07) is 3.80. The third-order valence-electron chi connectivity index (χ3n) is 4.14. The van der Waals surface area contributed by atoms with Crippen LogP contribution in [0.25, 0.3) is 0 Å². The summed E-state index contributed by atoms with van der Waals surface area (Å²) in [5.41, 5.74) is 0.791. The van der Waals surface area contributed by atoms with Gasteiger partial charge in [-0.2, -0.15) is 0 Å². The van der Waals surface area contributed by atoms with E-state index >= 15 is 0 Å². The fourth-order valence-electron chi connectivity index (χ4n) is 2.68. The topological polar surface area (TPSA) is 79.5 Å². The number of benzene rings is 1. The maximum absolute atomic E-state index is 13.3. The number of nitrogens with one attached hydrogen (secondary N) is 3. The molecule has 0 saturated carbocycles. The Labute approximate surface area is 173 Å². The van der Waals surface area contributed by atoms with Crippen LogP contribution in [0.2, 0.25) is 0 Å². The molecule has 0 aliphatic rings. The number of halogens is 1. The van der Waals surface area contributed by atoms with Crippen molar-refractivity contribution in [1.82, 2.24) is 16.0 Å². The van der Waals surface area contributed by atoms with Gasteiger partial charge in [-0.05, 0) is 57.0 Å². The predicted molar refractivity (Wildman–Crippen MR) is 112 cm³/mol. The van der Waals surface area contributed by atoms with Crippen LogP contribution in [-0.2, 0) is 9.59 Å². The Kier molecular flexibility index (Phi) is 12.2. The first-order chi connectivity index (χ1) is 14.0. The van der Waals surface area contributed by atoms with Gasteiger partial charge in [0.25, 0.3) is 0 Å². The number of terminal acetylenes is 1. The lowest BCUT2D eigenvalue weighted by atomic mass is 10.1. The highest BCUT2D eigenvalue weighted by Gasteiger charge is 2.19. The van der Waals surface area contributed by atoms with Crippen LogP contribution < -0.4 is 20.7 Å². The molecule has 0 heterocycles. The van der Waals surface area contributed by atoms with E-state index in [1.54, 1.807) is 13.0 Å². The highest BCUT2D eigenvalue weighted by Crippen LogP contribution is 2.16. The Morgan fingerprint density at radius 1 is 1.21 bits per heavy atom. The van der Waals surface area contributed by atoms with Crippen molar-refractivity contribution in [2.45, 2.75) is 52.0 Å². The fourth-order valence-corrected chi connectivity index (χ4v) is 2.68. The highest BCUT2D eigenvalue weighted by atomic mass is 19.1. The number of rotatable bonds is 14. The predicted octanol–water partition coefficient (Wildman–Crippen LogP) is 2.31. The van der Waals surface area contributed by atoms with Crippen LogP contribution in [0.1, 0.15) is 44.6 Å². The average Bonchev–Trinajstić information content (AvgIpc) is 2.66. The maximum atomic E-state index is 13.3. The molecule has 160 valence electrons. The Hall–Kier alpha value is -2.59. The van der Waals surface area contributed by atoms with Gasteiger partial charge in [0.1, 0.15) is 17.6 Å². The van der Waals surface area contributed by atoms with Crippen molar-refractivity contribution in [3.63, 3.8) is 0 Å². The minimum Gasteiger partial charge on any atom is -0.493 e. The van der Waals surface area contributed by atoms with Crippen LogP contribution >= 0.6 is 0 Å². The number of aryl methyl sites for hydroxylation is 1. The van der Waals surface area contributed by atoms with Gasteiger partial charge in [-0.25, -0.2) is 4.39 Å². The molecule has 0 aliphatic carbocycles. The molecule has 3 N–H and O–H groups in total. The molecule has 2 amide bonds. The van der Waals surface area contributed by atoms with E-state index < -0.39 is 6.04 Å². The molecule has 0 radical (unpaired) electrons. The molecule has 1 unspecified atom stereocenters. The average molecular weight is 406 g/mol. The van der Waals surface area contributed by atoms with Crippen LogP contribution in [0.3, 0.4) is 0 Å². The first kappa shape index (κ1) is 24.4. The molecule has 0 spiro atoms. The molecular weight excluding hydrogens is 373 g/mol. The molecule has 0 saturated heterocycles. The van der Waals surface area contributed by atoms with Crippen molar-refractivity contribution in [3.8, 4) is 18.1 Å². The van der Waals surface area contributed by atoms with E-state index in [1.807, 2.05) is 6.92 Å². The number of hydrogen-bond donors (Lipinski definition) is 3. The van der Waals surface area contributed by atoms with Crippen molar-refractivity contribution in [2.75, 3.05) is 26.2 Å². The third-order valence-corrected chi connectivity index (χ3v) is 4.14. The number of amides is 2. The molecule has 29 heavy (non-hydrogen) atoms. The maximum Gasteiger partial charge on any atom is 0.243 e. The molecule has 0 aromatic heterocycles. The Morgan fingerprint density at radius 2 is 2.00 bits per heavy atom. The molecule has 0 aliphatic heterocycles. The normalized spacial score (nSPS) is 11.4. The van der Waals surface area contributed by atoms with E-state index in [0.29, 0.717) is 31.7 Å². The van der Waals surface area contributed by atoms with Crippen molar-refractivity contribution >= 4 is 11.8 Å². The minimum atomic E-state index is -0.724. The van der Waals surface area contributed by atoms with Crippen LogP contribution in [-0.4, -0.2) is 44.1 Å². The van der Waals surface area contributed by atoms with E-state index in [-0.39, 0.29) is 30.5 Å². The van der Waals surface area contributed by atoms with Crippen LogP contribution in [0.15, 0.2) is 18.2 Å². The molecule has 1 aromatic carbocycles. The van der Waals surface area contributed by atoms with E-state index in [0.717, 1.165) is 25.1 Å². The number of carbonyl (C=O) groups excluding carboxylic acids is 2. The zero-order valence-electron chi connectivity index (χ0n) is 17.4. The standard InChI is InChI=1S/C22H32FN3O3/c1-4-9-20(22(28)25-12-8-11-24-5-2)26-21(27)10-6-7-13-29-19-15-17(3)14-18(23)16-19/h1,14-16,20,24H,5-13H2,2-3H3,(H,25,28)(H,26,27). The largest absolute Gasteiger partial charge is 0.493 e. The smallest absolute Gasteiger partial charge is 0.243 e. The Bertz CT molecular complexity index is 668. The molecule has 1 aromatic rings. The first-order valence-electron chi connectivity index (χ1n) is 10.1. The van der Waals surface area contributed by atoms with Gasteiger partial charge < -0.3 is 20.7 Å². The summed E-state index contributed by atoms with van der Waals surface area (Å²) >= 11 is 0. The van der Waals surface area contributed by atoms with Gasteiger partial charge in [0.05, 0.1) is 6.61 Å². The number of hydrogen-bond acceptors (Lipinski definition) is 4. The summed E-state index contributed by atoms with van der Waals surface area (Å²) in [5, 5.41) is 8.67. The second-order valence-corrected chi connectivity index (χ2v) is 6.80. The number of carbonyl (C=O) groups is 2. The summed E-state index contributed by atoms with van der Waals surface area (Å²) in [4.78, 5) is 24.3. The van der Waals surface area contributed by atoms with Gasteiger partial charge in [-0.3, -0.25) is 9.59 Å². The van der Waals surface area contributed by atoms with E-state index in [9.17, 15) is 14.0 Å². The summed E-state index contributed by atoms with van der Waals surface area (Å²) in [7, 11) is 0. The SMILES string of the molecule is C#CCC(NC(=O)CCCCOc1cc(C)cc(F)c1)C(=O)NCCCNCC.